The molecular weight excluding hydrogens is 745 g/mol. The summed E-state index contributed by atoms with van der Waals surface area (Å²) in [6.07, 6.45) is 56.3. The summed E-state index contributed by atoms with van der Waals surface area (Å²) in [5.74, 6) is -0.873. The zero-order valence-electron chi connectivity index (χ0n) is 40.2. The average Bonchev–Trinajstić information content (AvgIpc) is 3.24. The molecule has 1 atom stereocenters. The molecule has 0 bridgehead atoms. The van der Waals surface area contributed by atoms with E-state index in [2.05, 4.69) is 45.1 Å². The summed E-state index contributed by atoms with van der Waals surface area (Å²) in [5.41, 5.74) is 0. The highest BCUT2D eigenvalue weighted by Gasteiger charge is 2.19. The third-order valence-corrected chi connectivity index (χ3v) is 11.7. The van der Waals surface area contributed by atoms with Gasteiger partial charge in [0.25, 0.3) is 0 Å². The summed E-state index contributed by atoms with van der Waals surface area (Å²) >= 11 is 0. The molecule has 0 aliphatic heterocycles. The quantitative estimate of drug-likeness (QED) is 0.0263. The van der Waals surface area contributed by atoms with Gasteiger partial charge in [-0.25, -0.2) is 0 Å². The van der Waals surface area contributed by atoms with Crippen molar-refractivity contribution in [1.82, 2.24) is 0 Å². The zero-order valence-corrected chi connectivity index (χ0v) is 40.2. The van der Waals surface area contributed by atoms with Gasteiger partial charge in [-0.05, 0) is 51.4 Å². The molecule has 0 aliphatic carbocycles. The Morgan fingerprint density at radius 1 is 0.333 bits per heavy atom. The van der Waals surface area contributed by atoms with Crippen LogP contribution in [0.25, 0.3) is 0 Å². The van der Waals surface area contributed by atoms with Gasteiger partial charge in [-0.2, -0.15) is 0 Å². The van der Waals surface area contributed by atoms with Crippen molar-refractivity contribution in [3.63, 3.8) is 0 Å². The van der Waals surface area contributed by atoms with Gasteiger partial charge < -0.3 is 14.2 Å². The van der Waals surface area contributed by atoms with Crippen LogP contribution in [0.5, 0.6) is 0 Å². The Morgan fingerprint density at radius 2 is 0.600 bits per heavy atom. The fourth-order valence-electron chi connectivity index (χ4n) is 7.71. The highest BCUT2D eigenvalue weighted by atomic mass is 16.6. The molecule has 0 spiro atoms. The summed E-state index contributed by atoms with van der Waals surface area (Å²) in [5, 5.41) is 0. The first-order chi connectivity index (χ1) is 29.5. The van der Waals surface area contributed by atoms with Gasteiger partial charge >= 0.3 is 17.9 Å². The van der Waals surface area contributed by atoms with E-state index in [0.29, 0.717) is 19.3 Å². The fraction of sp³-hybridized carbons (Fsp3) is 0.870. The fourth-order valence-corrected chi connectivity index (χ4v) is 7.71. The molecule has 6 heteroatoms. The largest absolute Gasteiger partial charge is 0.462 e. The second kappa shape index (κ2) is 49.5. The van der Waals surface area contributed by atoms with Crippen LogP contribution in [0.4, 0.5) is 0 Å². The summed E-state index contributed by atoms with van der Waals surface area (Å²) in [6.45, 7) is 6.56. The lowest BCUT2D eigenvalue weighted by atomic mass is 10.0. The normalized spacial score (nSPS) is 12.1. The van der Waals surface area contributed by atoms with Crippen LogP contribution in [0.2, 0.25) is 0 Å². The molecular formula is C54H100O6. The highest BCUT2D eigenvalue weighted by Crippen LogP contribution is 2.16. The van der Waals surface area contributed by atoms with E-state index in [-0.39, 0.29) is 31.1 Å². The Kier molecular flexibility index (Phi) is 47.8. The summed E-state index contributed by atoms with van der Waals surface area (Å²) in [6, 6.07) is 0. The standard InChI is InChI=1S/C54H100O6/c1-4-7-10-13-15-17-19-21-23-25-27-29-30-32-34-36-38-41-44-47-53(56)59-50-51(49-58-52(55)46-43-40-12-9-6-3)60-54(57)48-45-42-39-37-35-33-31-28-26-24-22-20-18-16-14-11-8-5-2/h15,17,21,23,51H,4-14,16,18-20,22,24-50H2,1-3H3/b17-15-,23-21-. The van der Waals surface area contributed by atoms with Gasteiger partial charge in [0.15, 0.2) is 6.10 Å². The van der Waals surface area contributed by atoms with Crippen LogP contribution >= 0.6 is 0 Å². The van der Waals surface area contributed by atoms with Crippen molar-refractivity contribution in [2.75, 3.05) is 13.2 Å². The summed E-state index contributed by atoms with van der Waals surface area (Å²) < 4.78 is 16.7. The third-order valence-electron chi connectivity index (χ3n) is 11.7. The Balaban J connectivity index is 4.11. The number of hydrogen-bond acceptors (Lipinski definition) is 6. The molecule has 0 aromatic rings. The second-order valence-electron chi connectivity index (χ2n) is 17.8. The van der Waals surface area contributed by atoms with Crippen LogP contribution in [0.15, 0.2) is 24.3 Å². The lowest BCUT2D eigenvalue weighted by Crippen LogP contribution is -2.30. The molecule has 1 unspecified atom stereocenters. The van der Waals surface area contributed by atoms with Crippen LogP contribution in [0.3, 0.4) is 0 Å². The molecule has 0 saturated heterocycles. The van der Waals surface area contributed by atoms with Crippen molar-refractivity contribution < 1.29 is 28.6 Å². The molecule has 0 aromatic carbocycles. The SMILES string of the molecule is CCCCC/C=C\C/C=C\CCCCCCCCCCCC(=O)OCC(COC(=O)CCCCCCC)OC(=O)CCCCCCCCCCCCCCCCCCCC. The molecule has 0 heterocycles. The Hall–Kier alpha value is -2.11. The van der Waals surface area contributed by atoms with E-state index in [1.807, 2.05) is 0 Å². The predicted octanol–water partition coefficient (Wildman–Crippen LogP) is 17.2. The Labute approximate surface area is 373 Å². The number of carbonyl (C=O) groups is 3. The summed E-state index contributed by atoms with van der Waals surface area (Å²) in [4.78, 5) is 37.7. The maximum absolute atomic E-state index is 12.7. The predicted molar refractivity (Wildman–Crippen MR) is 256 cm³/mol. The van der Waals surface area contributed by atoms with E-state index in [1.54, 1.807) is 0 Å². The van der Waals surface area contributed by atoms with E-state index in [1.165, 1.54) is 173 Å². The first-order valence-electron chi connectivity index (χ1n) is 26.3. The van der Waals surface area contributed by atoms with E-state index >= 15 is 0 Å². The zero-order chi connectivity index (χ0) is 43.7. The molecule has 0 fully saturated rings. The van der Waals surface area contributed by atoms with Crippen LogP contribution in [-0.4, -0.2) is 37.2 Å². The molecule has 0 amide bonds. The molecule has 0 saturated carbocycles. The average molecular weight is 845 g/mol. The van der Waals surface area contributed by atoms with Gasteiger partial charge in [-0.15, -0.1) is 0 Å². The molecule has 6 nitrogen and oxygen atoms in total. The van der Waals surface area contributed by atoms with Crippen LogP contribution in [-0.2, 0) is 28.6 Å². The molecule has 0 aromatic heterocycles. The molecule has 0 radical (unpaired) electrons. The third kappa shape index (κ3) is 46.9. The molecule has 0 rings (SSSR count). The van der Waals surface area contributed by atoms with Gasteiger partial charge in [-0.3, -0.25) is 14.4 Å². The van der Waals surface area contributed by atoms with Crippen molar-refractivity contribution >= 4 is 17.9 Å². The lowest BCUT2D eigenvalue weighted by Gasteiger charge is -2.18. The van der Waals surface area contributed by atoms with E-state index < -0.39 is 6.10 Å². The van der Waals surface area contributed by atoms with E-state index in [4.69, 9.17) is 14.2 Å². The number of ether oxygens (including phenoxy) is 3. The van der Waals surface area contributed by atoms with Crippen molar-refractivity contribution in [1.29, 1.82) is 0 Å². The van der Waals surface area contributed by atoms with Gasteiger partial charge in [0.2, 0.25) is 0 Å². The highest BCUT2D eigenvalue weighted by molar-refractivity contribution is 5.71. The van der Waals surface area contributed by atoms with E-state index in [9.17, 15) is 14.4 Å². The number of rotatable bonds is 48. The minimum Gasteiger partial charge on any atom is -0.462 e. The smallest absolute Gasteiger partial charge is 0.306 e. The van der Waals surface area contributed by atoms with Crippen molar-refractivity contribution in [2.24, 2.45) is 0 Å². The van der Waals surface area contributed by atoms with Gasteiger partial charge in [0.1, 0.15) is 13.2 Å². The molecule has 0 aliphatic rings. The first-order valence-corrected chi connectivity index (χ1v) is 26.3. The Bertz CT molecular complexity index is 973. The van der Waals surface area contributed by atoms with Gasteiger partial charge in [-0.1, -0.05) is 238 Å². The lowest BCUT2D eigenvalue weighted by molar-refractivity contribution is -0.167. The maximum Gasteiger partial charge on any atom is 0.306 e. The second-order valence-corrected chi connectivity index (χ2v) is 17.8. The first kappa shape index (κ1) is 57.9. The molecule has 60 heavy (non-hydrogen) atoms. The minimum absolute atomic E-state index is 0.0699. The molecule has 0 N–H and O–H groups in total. The summed E-state index contributed by atoms with van der Waals surface area (Å²) in [7, 11) is 0. The number of esters is 3. The maximum atomic E-state index is 12.7. The number of unbranched alkanes of at least 4 members (excludes halogenated alkanes) is 33. The van der Waals surface area contributed by atoms with Crippen LogP contribution in [0.1, 0.15) is 284 Å². The van der Waals surface area contributed by atoms with Crippen molar-refractivity contribution in [2.45, 2.75) is 290 Å². The van der Waals surface area contributed by atoms with E-state index in [0.717, 1.165) is 70.6 Å². The Morgan fingerprint density at radius 3 is 0.950 bits per heavy atom. The molecule has 352 valence electrons. The topological polar surface area (TPSA) is 78.9 Å². The van der Waals surface area contributed by atoms with Crippen molar-refractivity contribution in [3.8, 4) is 0 Å². The minimum atomic E-state index is -0.765. The number of allylic oxidation sites excluding steroid dienone is 4. The van der Waals surface area contributed by atoms with Crippen LogP contribution in [0, 0.1) is 0 Å². The van der Waals surface area contributed by atoms with Crippen LogP contribution < -0.4 is 0 Å². The number of carbonyl (C=O) groups excluding carboxylic acids is 3. The monoisotopic (exact) mass is 845 g/mol. The number of hydrogen-bond donors (Lipinski definition) is 0. The van der Waals surface area contributed by atoms with Gasteiger partial charge in [0.05, 0.1) is 0 Å². The van der Waals surface area contributed by atoms with Crippen molar-refractivity contribution in [3.05, 3.63) is 24.3 Å². The van der Waals surface area contributed by atoms with Gasteiger partial charge in [0, 0.05) is 19.3 Å².